The summed E-state index contributed by atoms with van der Waals surface area (Å²) in [4.78, 5) is 17.7. The van der Waals surface area contributed by atoms with Crippen molar-refractivity contribution >= 4 is 27.5 Å². The van der Waals surface area contributed by atoms with Crippen LogP contribution in [0.4, 0.5) is 0 Å². The van der Waals surface area contributed by atoms with Crippen molar-refractivity contribution in [1.29, 1.82) is 0 Å². The number of hydrogen-bond donors (Lipinski definition) is 0. The summed E-state index contributed by atoms with van der Waals surface area (Å²) >= 11 is 1.60. The second-order valence-electron chi connectivity index (χ2n) is 6.35. The highest BCUT2D eigenvalue weighted by Crippen LogP contribution is 2.22. The molecular formula is C21H24N2OS. The lowest BCUT2D eigenvalue weighted by molar-refractivity contribution is -0.117. The van der Waals surface area contributed by atoms with E-state index < -0.39 is 0 Å². The number of para-hydroxylation sites is 1. The van der Waals surface area contributed by atoms with Crippen molar-refractivity contribution < 1.29 is 4.79 Å². The molecule has 0 saturated carbocycles. The van der Waals surface area contributed by atoms with Gasteiger partial charge in [-0.1, -0.05) is 48.6 Å². The smallest absolute Gasteiger partial charge is 0.252 e. The zero-order valence-corrected chi connectivity index (χ0v) is 16.1. The van der Waals surface area contributed by atoms with Crippen LogP contribution in [0, 0.1) is 13.8 Å². The van der Waals surface area contributed by atoms with Crippen LogP contribution in [0.2, 0.25) is 0 Å². The maximum absolute atomic E-state index is 12.5. The molecular weight excluding hydrogens is 328 g/mol. The summed E-state index contributed by atoms with van der Waals surface area (Å²) in [5, 5.41) is 0. The summed E-state index contributed by atoms with van der Waals surface area (Å²) in [6, 6.07) is 12.5. The van der Waals surface area contributed by atoms with E-state index in [0.29, 0.717) is 6.42 Å². The molecule has 0 unspecified atom stereocenters. The molecule has 3 aromatic rings. The molecule has 0 spiro atoms. The van der Waals surface area contributed by atoms with Crippen LogP contribution in [0.1, 0.15) is 36.1 Å². The van der Waals surface area contributed by atoms with Gasteiger partial charge in [-0.2, -0.15) is 4.99 Å². The quantitative estimate of drug-likeness (QED) is 0.677. The summed E-state index contributed by atoms with van der Waals surface area (Å²) in [5.74, 6) is -0.0879. The van der Waals surface area contributed by atoms with Gasteiger partial charge >= 0.3 is 0 Å². The Bertz CT molecular complexity index is 995. The van der Waals surface area contributed by atoms with E-state index in [-0.39, 0.29) is 5.91 Å². The number of amides is 1. The predicted octanol–water partition coefficient (Wildman–Crippen LogP) is 4.57. The lowest BCUT2D eigenvalue weighted by atomic mass is 10.0. The maximum Gasteiger partial charge on any atom is 0.252 e. The van der Waals surface area contributed by atoms with Gasteiger partial charge in [0.15, 0.2) is 4.80 Å². The fourth-order valence-electron chi connectivity index (χ4n) is 3.10. The predicted molar refractivity (Wildman–Crippen MR) is 105 cm³/mol. The van der Waals surface area contributed by atoms with Gasteiger partial charge in [-0.15, -0.1) is 0 Å². The Hall–Kier alpha value is -2.20. The van der Waals surface area contributed by atoms with Crippen LogP contribution in [0.25, 0.3) is 10.2 Å². The number of carbonyl (C=O) groups excluding carboxylic acids is 1. The van der Waals surface area contributed by atoms with Gasteiger partial charge in [-0.05, 0) is 55.5 Å². The van der Waals surface area contributed by atoms with Gasteiger partial charge in [0.1, 0.15) is 0 Å². The molecule has 0 N–H and O–H groups in total. The Kier molecular flexibility index (Phi) is 5.19. The third-order valence-electron chi connectivity index (χ3n) is 4.63. The molecule has 0 saturated heterocycles. The number of rotatable bonds is 4. The van der Waals surface area contributed by atoms with E-state index in [1.54, 1.807) is 11.3 Å². The van der Waals surface area contributed by atoms with Crippen LogP contribution >= 0.6 is 11.3 Å². The largest absolute Gasteiger partial charge is 0.316 e. The number of aromatic nitrogens is 1. The first-order chi connectivity index (χ1) is 12.0. The van der Waals surface area contributed by atoms with Crippen LogP contribution < -0.4 is 4.80 Å². The zero-order chi connectivity index (χ0) is 18.0. The zero-order valence-electron chi connectivity index (χ0n) is 15.3. The summed E-state index contributed by atoms with van der Waals surface area (Å²) in [7, 11) is 0. The number of fused-ring (bicyclic) bond motifs is 1. The molecule has 3 rings (SSSR count). The Morgan fingerprint density at radius 3 is 2.60 bits per heavy atom. The summed E-state index contributed by atoms with van der Waals surface area (Å²) in [6.45, 7) is 9.23. The van der Waals surface area contributed by atoms with E-state index >= 15 is 0 Å². The van der Waals surface area contributed by atoms with Crippen molar-refractivity contribution in [3.05, 3.63) is 63.5 Å². The Morgan fingerprint density at radius 1 is 1.12 bits per heavy atom. The number of hydrogen-bond acceptors (Lipinski definition) is 2. The van der Waals surface area contributed by atoms with Gasteiger partial charge in [-0.25, -0.2) is 0 Å². The molecule has 0 bridgehead atoms. The first-order valence-corrected chi connectivity index (χ1v) is 9.60. The standard InChI is InChI=1S/C21H24N2OS/c1-5-17-8-7-9-18-20(17)23(6-2)21(25-18)22-19(24)13-16-11-10-14(3)15(4)12-16/h7-12H,5-6,13H2,1-4H3. The lowest BCUT2D eigenvalue weighted by Crippen LogP contribution is -2.17. The first-order valence-electron chi connectivity index (χ1n) is 8.78. The van der Waals surface area contributed by atoms with E-state index in [4.69, 9.17) is 0 Å². The third kappa shape index (κ3) is 3.59. The van der Waals surface area contributed by atoms with Crippen molar-refractivity contribution in [2.45, 2.75) is 47.1 Å². The molecule has 0 fully saturated rings. The van der Waals surface area contributed by atoms with Crippen molar-refractivity contribution in [1.82, 2.24) is 4.57 Å². The van der Waals surface area contributed by atoms with E-state index in [9.17, 15) is 4.79 Å². The molecule has 0 radical (unpaired) electrons. The Morgan fingerprint density at radius 2 is 1.92 bits per heavy atom. The molecule has 0 aliphatic rings. The molecule has 0 aliphatic carbocycles. The summed E-state index contributed by atoms with van der Waals surface area (Å²) in [5.41, 5.74) is 6.00. The molecule has 3 nitrogen and oxygen atoms in total. The fraction of sp³-hybridized carbons (Fsp3) is 0.333. The monoisotopic (exact) mass is 352 g/mol. The SMILES string of the molecule is CCc1cccc2sc(=NC(=O)Cc3ccc(C)c(C)c3)n(CC)c12. The molecule has 1 aromatic heterocycles. The van der Waals surface area contributed by atoms with Gasteiger partial charge < -0.3 is 4.57 Å². The van der Waals surface area contributed by atoms with Gasteiger partial charge in [0.2, 0.25) is 0 Å². The molecule has 2 aromatic carbocycles. The van der Waals surface area contributed by atoms with E-state index in [1.807, 2.05) is 6.07 Å². The Balaban J connectivity index is 2.00. The van der Waals surface area contributed by atoms with Gasteiger partial charge in [0.25, 0.3) is 5.91 Å². The van der Waals surface area contributed by atoms with Gasteiger partial charge in [-0.3, -0.25) is 4.79 Å². The molecule has 1 heterocycles. The average Bonchev–Trinajstić information content (AvgIpc) is 2.94. The average molecular weight is 353 g/mol. The van der Waals surface area contributed by atoms with Crippen molar-refractivity contribution in [2.24, 2.45) is 4.99 Å². The topological polar surface area (TPSA) is 34.4 Å². The third-order valence-corrected chi connectivity index (χ3v) is 5.67. The lowest BCUT2D eigenvalue weighted by Gasteiger charge is -2.05. The molecule has 4 heteroatoms. The molecule has 25 heavy (non-hydrogen) atoms. The number of benzene rings is 2. The number of carbonyl (C=O) groups is 1. The molecule has 0 atom stereocenters. The first kappa shape index (κ1) is 17.6. The second-order valence-corrected chi connectivity index (χ2v) is 7.36. The summed E-state index contributed by atoms with van der Waals surface area (Å²) < 4.78 is 3.36. The molecule has 130 valence electrons. The van der Waals surface area contributed by atoms with Crippen LogP contribution in [0.3, 0.4) is 0 Å². The Labute approximate surface area is 152 Å². The molecule has 0 aliphatic heterocycles. The minimum atomic E-state index is -0.0879. The molecule has 1 amide bonds. The normalized spacial score (nSPS) is 12.1. The van der Waals surface area contributed by atoms with E-state index in [0.717, 1.165) is 23.3 Å². The van der Waals surface area contributed by atoms with Crippen LogP contribution in [0.5, 0.6) is 0 Å². The minimum Gasteiger partial charge on any atom is -0.316 e. The number of nitrogens with zero attached hydrogens (tertiary/aromatic N) is 2. The van der Waals surface area contributed by atoms with Crippen LogP contribution in [-0.4, -0.2) is 10.5 Å². The second kappa shape index (κ2) is 7.36. The van der Waals surface area contributed by atoms with Crippen LogP contribution in [0.15, 0.2) is 41.4 Å². The highest BCUT2D eigenvalue weighted by atomic mass is 32.1. The maximum atomic E-state index is 12.5. The van der Waals surface area contributed by atoms with Crippen molar-refractivity contribution in [3.63, 3.8) is 0 Å². The van der Waals surface area contributed by atoms with Crippen molar-refractivity contribution in [2.75, 3.05) is 0 Å². The van der Waals surface area contributed by atoms with Crippen molar-refractivity contribution in [3.8, 4) is 0 Å². The highest BCUT2D eigenvalue weighted by Gasteiger charge is 2.10. The van der Waals surface area contributed by atoms with Gasteiger partial charge in [0, 0.05) is 6.54 Å². The van der Waals surface area contributed by atoms with Gasteiger partial charge in [0.05, 0.1) is 16.6 Å². The fourth-order valence-corrected chi connectivity index (χ4v) is 4.26. The van der Waals surface area contributed by atoms with Crippen LogP contribution in [-0.2, 0) is 24.2 Å². The minimum absolute atomic E-state index is 0.0879. The van der Waals surface area contributed by atoms with E-state index in [2.05, 4.69) is 67.6 Å². The number of aryl methyl sites for hydroxylation is 4. The number of thiazole rings is 1. The highest BCUT2D eigenvalue weighted by molar-refractivity contribution is 7.16. The summed E-state index contributed by atoms with van der Waals surface area (Å²) in [6.07, 6.45) is 1.32. The van der Waals surface area contributed by atoms with E-state index in [1.165, 1.54) is 26.9 Å².